The molecule has 2 heterocycles. The predicted molar refractivity (Wildman–Crippen MR) is 82.1 cm³/mol. The lowest BCUT2D eigenvalue weighted by Crippen LogP contribution is -2.25. The van der Waals surface area contributed by atoms with E-state index in [0.717, 1.165) is 4.47 Å². The Labute approximate surface area is 130 Å². The lowest BCUT2D eigenvalue weighted by atomic mass is 10.1. The zero-order valence-corrected chi connectivity index (χ0v) is 13.7. The van der Waals surface area contributed by atoms with Crippen LogP contribution in [-0.4, -0.2) is 35.4 Å². The van der Waals surface area contributed by atoms with Crippen molar-refractivity contribution in [2.24, 2.45) is 5.92 Å². The molecule has 1 aliphatic rings. The number of carbonyl (C=O) groups excluding carboxylic acids is 2. The predicted octanol–water partition coefficient (Wildman–Crippen LogP) is 2.49. The zero-order valence-electron chi connectivity index (χ0n) is 11.3. The van der Waals surface area contributed by atoms with Gasteiger partial charge in [-0.2, -0.15) is 0 Å². The van der Waals surface area contributed by atoms with Crippen molar-refractivity contribution < 1.29 is 14.3 Å². The van der Waals surface area contributed by atoms with Crippen LogP contribution in [0.2, 0.25) is 0 Å². The molecule has 0 aliphatic carbocycles. The molecule has 0 bridgehead atoms. The highest BCUT2D eigenvalue weighted by Gasteiger charge is 2.32. The van der Waals surface area contributed by atoms with Gasteiger partial charge in [0.05, 0.1) is 7.11 Å². The highest BCUT2D eigenvalue weighted by atomic mass is 79.9. The SMILES string of the molecule is COc1ncc(Br)cc1N1CC(CSC(C)=O)CC1=O. The third kappa shape index (κ3) is 3.52. The summed E-state index contributed by atoms with van der Waals surface area (Å²) in [7, 11) is 1.53. The number of thioether (sulfide) groups is 1. The summed E-state index contributed by atoms with van der Waals surface area (Å²) in [5.74, 6) is 1.32. The second kappa shape index (κ2) is 6.58. The van der Waals surface area contributed by atoms with Gasteiger partial charge in [-0.25, -0.2) is 4.98 Å². The number of rotatable bonds is 4. The van der Waals surface area contributed by atoms with E-state index in [0.29, 0.717) is 30.3 Å². The summed E-state index contributed by atoms with van der Waals surface area (Å²) in [6.45, 7) is 2.13. The van der Waals surface area contributed by atoms with E-state index in [2.05, 4.69) is 20.9 Å². The molecule has 0 saturated carbocycles. The first kappa shape index (κ1) is 15.3. The number of methoxy groups -OCH3 is 1. The van der Waals surface area contributed by atoms with Gasteiger partial charge in [0.25, 0.3) is 0 Å². The molecule has 1 aromatic rings. The molecule has 20 heavy (non-hydrogen) atoms. The van der Waals surface area contributed by atoms with Gasteiger partial charge in [-0.3, -0.25) is 9.59 Å². The van der Waals surface area contributed by atoms with Crippen molar-refractivity contribution in [3.63, 3.8) is 0 Å². The van der Waals surface area contributed by atoms with E-state index in [1.165, 1.54) is 18.9 Å². The number of hydrogen-bond donors (Lipinski definition) is 0. The van der Waals surface area contributed by atoms with Crippen molar-refractivity contribution in [2.45, 2.75) is 13.3 Å². The van der Waals surface area contributed by atoms with Gasteiger partial charge < -0.3 is 9.64 Å². The number of hydrogen-bond acceptors (Lipinski definition) is 5. The van der Waals surface area contributed by atoms with Crippen molar-refractivity contribution in [2.75, 3.05) is 24.3 Å². The lowest BCUT2D eigenvalue weighted by Gasteiger charge is -2.19. The zero-order chi connectivity index (χ0) is 14.7. The number of pyridine rings is 1. The van der Waals surface area contributed by atoms with Crippen LogP contribution in [0, 0.1) is 5.92 Å². The van der Waals surface area contributed by atoms with Gasteiger partial charge in [-0.15, -0.1) is 0 Å². The van der Waals surface area contributed by atoms with Crippen LogP contribution in [0.25, 0.3) is 0 Å². The summed E-state index contributed by atoms with van der Waals surface area (Å²) < 4.78 is 6.00. The van der Waals surface area contributed by atoms with E-state index >= 15 is 0 Å². The fourth-order valence-electron chi connectivity index (χ4n) is 2.13. The molecular formula is C13H15BrN2O3S. The first-order valence-corrected chi connectivity index (χ1v) is 7.92. The number of anilines is 1. The Morgan fingerprint density at radius 2 is 2.40 bits per heavy atom. The fourth-order valence-corrected chi connectivity index (χ4v) is 3.14. The molecule has 0 spiro atoms. The van der Waals surface area contributed by atoms with Gasteiger partial charge in [0.15, 0.2) is 5.12 Å². The van der Waals surface area contributed by atoms with Crippen LogP contribution >= 0.6 is 27.7 Å². The van der Waals surface area contributed by atoms with E-state index in [9.17, 15) is 9.59 Å². The first-order chi connectivity index (χ1) is 9.51. The van der Waals surface area contributed by atoms with Crippen molar-refractivity contribution >= 4 is 44.4 Å². The Morgan fingerprint density at radius 3 is 3.05 bits per heavy atom. The van der Waals surface area contributed by atoms with Crippen molar-refractivity contribution in [1.29, 1.82) is 0 Å². The van der Waals surface area contributed by atoms with Crippen LogP contribution in [0.1, 0.15) is 13.3 Å². The van der Waals surface area contributed by atoms with Gasteiger partial charge >= 0.3 is 0 Å². The molecule has 0 aromatic carbocycles. The molecule has 1 unspecified atom stereocenters. The van der Waals surface area contributed by atoms with E-state index in [1.807, 2.05) is 6.07 Å². The topological polar surface area (TPSA) is 59.5 Å². The maximum Gasteiger partial charge on any atom is 0.237 e. The summed E-state index contributed by atoms with van der Waals surface area (Å²) in [4.78, 5) is 29.0. The van der Waals surface area contributed by atoms with Gasteiger partial charge in [0.2, 0.25) is 11.8 Å². The highest BCUT2D eigenvalue weighted by molar-refractivity contribution is 9.10. The van der Waals surface area contributed by atoms with Crippen molar-refractivity contribution in [3.8, 4) is 5.88 Å². The molecule has 1 saturated heterocycles. The molecule has 1 atom stereocenters. The van der Waals surface area contributed by atoms with E-state index in [-0.39, 0.29) is 16.9 Å². The number of ether oxygens (including phenoxy) is 1. The minimum Gasteiger partial charge on any atom is -0.480 e. The molecule has 1 aliphatic heterocycles. The van der Waals surface area contributed by atoms with E-state index in [4.69, 9.17) is 4.74 Å². The average Bonchev–Trinajstić information content (AvgIpc) is 2.77. The van der Waals surface area contributed by atoms with Crippen LogP contribution < -0.4 is 9.64 Å². The Kier molecular flexibility index (Phi) is 5.04. The number of halogens is 1. The molecule has 2 rings (SSSR count). The minimum absolute atomic E-state index is 0.0392. The van der Waals surface area contributed by atoms with Crippen molar-refractivity contribution in [3.05, 3.63) is 16.7 Å². The quantitative estimate of drug-likeness (QED) is 0.827. The van der Waals surface area contributed by atoms with Crippen LogP contribution in [0.4, 0.5) is 5.69 Å². The summed E-state index contributed by atoms with van der Waals surface area (Å²) >= 11 is 4.62. The molecule has 1 amide bonds. The Morgan fingerprint density at radius 1 is 1.65 bits per heavy atom. The lowest BCUT2D eigenvalue weighted by molar-refractivity contribution is -0.117. The Balaban J connectivity index is 2.15. The third-order valence-corrected chi connectivity index (χ3v) is 4.49. The second-order valence-corrected chi connectivity index (χ2v) is 6.67. The normalized spacial score (nSPS) is 18.4. The van der Waals surface area contributed by atoms with E-state index in [1.54, 1.807) is 18.0 Å². The molecule has 108 valence electrons. The van der Waals surface area contributed by atoms with Crippen LogP contribution in [0.5, 0.6) is 5.88 Å². The largest absolute Gasteiger partial charge is 0.480 e. The average molecular weight is 359 g/mol. The first-order valence-electron chi connectivity index (χ1n) is 6.14. The Bertz CT molecular complexity index is 538. The highest BCUT2D eigenvalue weighted by Crippen LogP contribution is 2.34. The molecular weight excluding hydrogens is 344 g/mol. The molecule has 7 heteroatoms. The third-order valence-electron chi connectivity index (χ3n) is 3.01. The summed E-state index contributed by atoms with van der Waals surface area (Å²) in [6.07, 6.45) is 2.09. The van der Waals surface area contributed by atoms with Crippen LogP contribution in [-0.2, 0) is 9.59 Å². The van der Waals surface area contributed by atoms with Crippen LogP contribution in [0.15, 0.2) is 16.7 Å². The second-order valence-electron chi connectivity index (χ2n) is 4.56. The van der Waals surface area contributed by atoms with Gasteiger partial charge in [-0.05, 0) is 27.9 Å². The minimum atomic E-state index is 0.0392. The van der Waals surface area contributed by atoms with Crippen LogP contribution in [0.3, 0.4) is 0 Å². The monoisotopic (exact) mass is 358 g/mol. The van der Waals surface area contributed by atoms with E-state index < -0.39 is 0 Å². The molecule has 0 radical (unpaired) electrons. The maximum atomic E-state index is 12.1. The smallest absolute Gasteiger partial charge is 0.237 e. The molecule has 0 N–H and O–H groups in total. The summed E-state index contributed by atoms with van der Waals surface area (Å²) in [5, 5.41) is 0.0811. The number of nitrogens with zero attached hydrogens (tertiary/aromatic N) is 2. The Hall–Kier alpha value is -1.08. The van der Waals surface area contributed by atoms with Gasteiger partial charge in [-0.1, -0.05) is 11.8 Å². The van der Waals surface area contributed by atoms with Crippen molar-refractivity contribution in [1.82, 2.24) is 4.98 Å². The fraction of sp³-hybridized carbons (Fsp3) is 0.462. The molecule has 1 fully saturated rings. The standard InChI is InChI=1S/C13H15BrN2O3S/c1-8(17)20-7-9-3-12(18)16(6-9)11-4-10(14)5-15-13(11)19-2/h4-5,9H,3,6-7H2,1-2H3. The summed E-state index contributed by atoms with van der Waals surface area (Å²) in [6, 6.07) is 1.82. The van der Waals surface area contributed by atoms with Gasteiger partial charge in [0, 0.05) is 36.3 Å². The number of carbonyl (C=O) groups is 2. The van der Waals surface area contributed by atoms with Gasteiger partial charge in [0.1, 0.15) is 5.69 Å². The summed E-state index contributed by atoms with van der Waals surface area (Å²) in [5.41, 5.74) is 0.669. The molecule has 5 nitrogen and oxygen atoms in total. The number of aromatic nitrogens is 1. The number of amides is 1. The maximum absolute atomic E-state index is 12.1. The molecule has 1 aromatic heterocycles.